The van der Waals surface area contributed by atoms with Gasteiger partial charge >= 0.3 is 10.0 Å². The summed E-state index contributed by atoms with van der Waals surface area (Å²) < 4.78 is 33.5. The summed E-state index contributed by atoms with van der Waals surface area (Å²) in [4.78, 5) is 4.62. The monoisotopic (exact) mass is 417 g/mol. The molecule has 1 aliphatic heterocycles. The van der Waals surface area contributed by atoms with Crippen LogP contribution in [-0.2, 0) is 10.0 Å². The molecule has 5 nitrogen and oxygen atoms in total. The van der Waals surface area contributed by atoms with E-state index in [4.69, 9.17) is 16.3 Å². The number of pyridine rings is 1. The van der Waals surface area contributed by atoms with Crippen LogP contribution in [0.4, 0.5) is 5.69 Å². The standard InChI is InChI=1S/C21H22ClN2O3S/c1-27-19-11-12-20(16-8-7-13-23-21(16)19)28(25,26)24(14-5-2-6-15-24)18-10-4-3-9-17(18)22/h3-4,7-13H,2,5-6,14-15H2,1H3/q+1. The van der Waals surface area contributed by atoms with E-state index in [1.54, 1.807) is 43.6 Å². The van der Waals surface area contributed by atoms with Crippen molar-refractivity contribution < 1.29 is 13.2 Å². The van der Waals surface area contributed by atoms with Crippen LogP contribution < -0.4 is 8.63 Å². The van der Waals surface area contributed by atoms with Gasteiger partial charge < -0.3 is 4.74 Å². The van der Waals surface area contributed by atoms with E-state index in [1.165, 1.54) is 0 Å². The van der Waals surface area contributed by atoms with E-state index in [9.17, 15) is 8.42 Å². The highest BCUT2D eigenvalue weighted by molar-refractivity contribution is 7.91. The van der Waals surface area contributed by atoms with E-state index >= 15 is 0 Å². The van der Waals surface area contributed by atoms with Crippen LogP contribution in [0.2, 0.25) is 5.02 Å². The topological polar surface area (TPSA) is 56.3 Å². The quantitative estimate of drug-likeness (QED) is 0.573. The minimum Gasteiger partial charge on any atom is -0.494 e. The summed E-state index contributed by atoms with van der Waals surface area (Å²) >= 11 is 6.49. The van der Waals surface area contributed by atoms with Crippen LogP contribution in [0.25, 0.3) is 10.9 Å². The third-order valence-corrected chi connectivity index (χ3v) is 8.19. The number of aromatic nitrogens is 1. The van der Waals surface area contributed by atoms with E-state index in [0.717, 1.165) is 19.3 Å². The van der Waals surface area contributed by atoms with Gasteiger partial charge in [-0.15, -0.1) is 0 Å². The lowest BCUT2D eigenvalue weighted by atomic mass is 10.1. The number of halogens is 1. The summed E-state index contributed by atoms with van der Waals surface area (Å²) in [6, 6.07) is 14.1. The summed E-state index contributed by atoms with van der Waals surface area (Å²) in [5, 5.41) is 1.04. The van der Waals surface area contributed by atoms with E-state index in [1.807, 2.05) is 18.2 Å². The van der Waals surface area contributed by atoms with Crippen molar-refractivity contribution in [2.75, 3.05) is 20.2 Å². The number of benzene rings is 2. The first kappa shape index (κ1) is 19.2. The number of para-hydroxylation sites is 1. The predicted octanol–water partition coefficient (Wildman–Crippen LogP) is 4.78. The molecule has 0 spiro atoms. The van der Waals surface area contributed by atoms with Crippen molar-refractivity contribution >= 4 is 38.2 Å². The summed E-state index contributed by atoms with van der Waals surface area (Å²) in [5.74, 6) is 0.553. The normalized spacial score (nSPS) is 16.8. The van der Waals surface area contributed by atoms with Crippen molar-refractivity contribution in [1.29, 1.82) is 0 Å². The number of hydrogen-bond donors (Lipinski definition) is 0. The number of fused-ring (bicyclic) bond motifs is 1. The molecule has 0 bridgehead atoms. The number of sulfonamides is 1. The average Bonchev–Trinajstić information content (AvgIpc) is 2.73. The van der Waals surface area contributed by atoms with Gasteiger partial charge in [-0.25, -0.2) is 0 Å². The Hall–Kier alpha value is -2.15. The first-order chi connectivity index (χ1) is 13.5. The molecule has 3 aromatic rings. The maximum Gasteiger partial charge on any atom is 0.332 e. The SMILES string of the molecule is COc1ccc(S(=O)(=O)[N+]2(c3ccccc3Cl)CCCCC2)c2cccnc12. The zero-order chi connectivity index (χ0) is 19.8. The molecular formula is C21H22ClN2O3S+. The number of ether oxygens (including phenoxy) is 1. The highest BCUT2D eigenvalue weighted by Crippen LogP contribution is 2.42. The zero-order valence-electron chi connectivity index (χ0n) is 15.6. The molecule has 1 fully saturated rings. The molecular weight excluding hydrogens is 396 g/mol. The molecule has 0 saturated carbocycles. The predicted molar refractivity (Wildman–Crippen MR) is 112 cm³/mol. The lowest BCUT2D eigenvalue weighted by molar-refractivity contribution is 0.342. The van der Waals surface area contributed by atoms with Crippen molar-refractivity contribution in [3.63, 3.8) is 0 Å². The maximum absolute atomic E-state index is 14.1. The van der Waals surface area contributed by atoms with Gasteiger partial charge in [0, 0.05) is 17.6 Å². The number of quaternary nitrogens is 1. The molecule has 1 saturated heterocycles. The Balaban J connectivity index is 2.01. The Kier molecular flexibility index (Phi) is 5.04. The zero-order valence-corrected chi connectivity index (χ0v) is 17.2. The highest BCUT2D eigenvalue weighted by Gasteiger charge is 2.48. The van der Waals surface area contributed by atoms with E-state index < -0.39 is 10.0 Å². The molecule has 2 aromatic carbocycles. The Labute approximate surface area is 170 Å². The smallest absolute Gasteiger partial charge is 0.332 e. The third kappa shape index (κ3) is 2.87. The molecule has 0 radical (unpaired) electrons. The van der Waals surface area contributed by atoms with Crippen LogP contribution in [0.3, 0.4) is 0 Å². The molecule has 0 aliphatic carbocycles. The highest BCUT2D eigenvalue weighted by atomic mass is 35.5. The Morgan fingerprint density at radius 1 is 1.00 bits per heavy atom. The van der Waals surface area contributed by atoms with Gasteiger partial charge in [-0.3, -0.25) is 4.98 Å². The lowest BCUT2D eigenvalue weighted by Crippen LogP contribution is -2.57. The number of piperidine rings is 1. The number of methoxy groups -OCH3 is 1. The minimum absolute atomic E-state index is 0.164. The molecule has 2 heterocycles. The van der Waals surface area contributed by atoms with Crippen LogP contribution >= 0.6 is 11.6 Å². The second kappa shape index (κ2) is 7.35. The molecule has 0 unspecified atom stereocenters. The Bertz CT molecular complexity index is 1130. The second-order valence-electron chi connectivity index (χ2n) is 6.99. The van der Waals surface area contributed by atoms with Crippen molar-refractivity contribution in [3.8, 4) is 5.75 Å². The van der Waals surface area contributed by atoms with Crippen LogP contribution in [0.5, 0.6) is 5.75 Å². The molecule has 0 N–H and O–H groups in total. The fraction of sp³-hybridized carbons (Fsp3) is 0.286. The maximum atomic E-state index is 14.1. The first-order valence-electron chi connectivity index (χ1n) is 9.30. The lowest BCUT2D eigenvalue weighted by Gasteiger charge is -2.39. The molecule has 7 heteroatoms. The van der Waals surface area contributed by atoms with Crippen molar-refractivity contribution in [1.82, 2.24) is 8.87 Å². The molecule has 0 atom stereocenters. The second-order valence-corrected chi connectivity index (χ2v) is 9.49. The van der Waals surface area contributed by atoms with Gasteiger partial charge in [0.25, 0.3) is 0 Å². The van der Waals surface area contributed by atoms with Crippen LogP contribution in [0, 0.1) is 0 Å². The van der Waals surface area contributed by atoms with Crippen molar-refractivity contribution in [2.24, 2.45) is 0 Å². The summed E-state index contributed by atoms with van der Waals surface area (Å²) in [6.07, 6.45) is 4.32. The van der Waals surface area contributed by atoms with Gasteiger partial charge in [0.05, 0.1) is 20.2 Å². The van der Waals surface area contributed by atoms with E-state index in [2.05, 4.69) is 4.98 Å². The minimum atomic E-state index is -3.79. The van der Waals surface area contributed by atoms with E-state index in [-0.39, 0.29) is 8.78 Å². The number of rotatable bonds is 4. The summed E-state index contributed by atoms with van der Waals surface area (Å²) in [7, 11) is -2.24. The third-order valence-electron chi connectivity index (χ3n) is 5.48. The van der Waals surface area contributed by atoms with Crippen molar-refractivity contribution in [3.05, 3.63) is 59.8 Å². The molecule has 146 valence electrons. The van der Waals surface area contributed by atoms with E-state index in [0.29, 0.717) is 40.5 Å². The van der Waals surface area contributed by atoms with Crippen molar-refractivity contribution in [2.45, 2.75) is 24.2 Å². The Morgan fingerprint density at radius 2 is 1.75 bits per heavy atom. The summed E-state index contributed by atoms with van der Waals surface area (Å²) in [6.45, 7) is 1.000. The van der Waals surface area contributed by atoms with Gasteiger partial charge in [0.15, 0.2) is 5.69 Å². The fourth-order valence-corrected chi connectivity index (χ4v) is 6.68. The fourth-order valence-electron chi connectivity index (χ4n) is 4.11. The van der Waals surface area contributed by atoms with Gasteiger partial charge in [-0.05, 0) is 49.6 Å². The Morgan fingerprint density at radius 3 is 2.46 bits per heavy atom. The van der Waals surface area contributed by atoms with Crippen LogP contribution in [0.15, 0.2) is 59.6 Å². The largest absolute Gasteiger partial charge is 0.494 e. The van der Waals surface area contributed by atoms with Crippen LogP contribution in [0.1, 0.15) is 19.3 Å². The van der Waals surface area contributed by atoms with Gasteiger partial charge in [-0.2, -0.15) is 12.3 Å². The molecule has 28 heavy (non-hydrogen) atoms. The van der Waals surface area contributed by atoms with Crippen LogP contribution in [-0.4, -0.2) is 33.6 Å². The molecule has 1 aromatic heterocycles. The number of hydrogen-bond acceptors (Lipinski definition) is 4. The molecule has 0 amide bonds. The van der Waals surface area contributed by atoms with Gasteiger partial charge in [0.2, 0.25) is 0 Å². The van der Waals surface area contributed by atoms with Gasteiger partial charge in [-0.1, -0.05) is 23.7 Å². The first-order valence-corrected chi connectivity index (χ1v) is 11.1. The molecule has 4 rings (SSSR count). The average molecular weight is 418 g/mol. The summed E-state index contributed by atoms with van der Waals surface area (Å²) in [5.41, 5.74) is 1.18. The molecule has 1 aliphatic rings. The van der Waals surface area contributed by atoms with Gasteiger partial charge in [0.1, 0.15) is 21.2 Å². The number of nitrogens with zero attached hydrogens (tertiary/aromatic N) is 2.